The molecule has 5 nitrogen and oxygen atoms in total. The molecule has 1 aliphatic heterocycles. The molecule has 1 amide bonds. The van der Waals surface area contributed by atoms with Crippen LogP contribution in [0.1, 0.15) is 48.5 Å². The van der Waals surface area contributed by atoms with Gasteiger partial charge in [-0.05, 0) is 43.6 Å². The lowest BCUT2D eigenvalue weighted by Crippen LogP contribution is -2.40. The van der Waals surface area contributed by atoms with Gasteiger partial charge in [-0.25, -0.2) is 0 Å². The molecule has 19 heavy (non-hydrogen) atoms. The third-order valence-corrected chi connectivity index (χ3v) is 4.50. The van der Waals surface area contributed by atoms with Crippen molar-refractivity contribution in [2.75, 3.05) is 13.1 Å². The molecule has 106 valence electrons. The van der Waals surface area contributed by atoms with Gasteiger partial charge >= 0.3 is 0 Å². The van der Waals surface area contributed by atoms with E-state index in [0.717, 1.165) is 44.5 Å². The zero-order valence-electron chi connectivity index (χ0n) is 11.5. The van der Waals surface area contributed by atoms with Gasteiger partial charge in [-0.1, -0.05) is 17.8 Å². The number of likely N-dealkylation sites (tertiary alicyclic amines) is 1. The van der Waals surface area contributed by atoms with Crippen LogP contribution in [0, 0.1) is 5.92 Å². The van der Waals surface area contributed by atoms with Crippen molar-refractivity contribution in [3.8, 4) is 0 Å². The molecule has 1 atom stereocenters. The van der Waals surface area contributed by atoms with Crippen LogP contribution >= 0.6 is 11.5 Å². The van der Waals surface area contributed by atoms with E-state index in [2.05, 4.69) is 16.5 Å². The lowest BCUT2D eigenvalue weighted by Gasteiger charge is -2.33. The molecule has 1 aromatic rings. The Bertz CT molecular complexity index is 425. The van der Waals surface area contributed by atoms with Crippen LogP contribution in [0.3, 0.4) is 0 Å². The maximum atomic E-state index is 12.4. The van der Waals surface area contributed by atoms with E-state index in [-0.39, 0.29) is 12.0 Å². The Morgan fingerprint density at radius 3 is 2.79 bits per heavy atom. The summed E-state index contributed by atoms with van der Waals surface area (Å²) in [5.74, 6) is 0.376. The number of carbonyl (C=O) groups excluding carboxylic acids is 1. The van der Waals surface area contributed by atoms with Crippen molar-refractivity contribution in [1.82, 2.24) is 14.5 Å². The zero-order chi connectivity index (χ0) is 13.8. The summed E-state index contributed by atoms with van der Waals surface area (Å²) < 4.78 is 3.90. The van der Waals surface area contributed by atoms with Crippen molar-refractivity contribution in [1.29, 1.82) is 0 Å². The molecule has 0 aliphatic carbocycles. The Hall–Kier alpha value is -1.01. The Morgan fingerprint density at radius 2 is 2.21 bits per heavy atom. The number of amides is 1. The summed E-state index contributed by atoms with van der Waals surface area (Å²) >= 11 is 1.20. The summed E-state index contributed by atoms with van der Waals surface area (Å²) in [6.07, 6.45) is 3.24. The lowest BCUT2D eigenvalue weighted by molar-refractivity contribution is 0.0524. The largest absolute Gasteiger partial charge is 0.393 e. The van der Waals surface area contributed by atoms with Gasteiger partial charge in [0.15, 0.2) is 0 Å². The minimum Gasteiger partial charge on any atom is -0.393 e. The first-order valence-corrected chi connectivity index (χ1v) is 7.69. The highest BCUT2D eigenvalue weighted by molar-refractivity contribution is 7.08. The molecule has 0 spiro atoms. The molecule has 0 radical (unpaired) electrons. The molecule has 1 aromatic heterocycles. The average Bonchev–Trinajstić information content (AvgIpc) is 2.87. The Labute approximate surface area is 117 Å². The molecule has 1 N–H and O–H groups in total. The van der Waals surface area contributed by atoms with Gasteiger partial charge in [0.25, 0.3) is 5.91 Å². The molecule has 2 heterocycles. The van der Waals surface area contributed by atoms with Crippen molar-refractivity contribution in [2.24, 2.45) is 5.92 Å². The number of aromatic nitrogens is 2. The fourth-order valence-electron chi connectivity index (χ4n) is 2.50. The van der Waals surface area contributed by atoms with E-state index in [0.29, 0.717) is 10.8 Å². The second-order valence-electron chi connectivity index (χ2n) is 5.17. The molecule has 0 aromatic carbocycles. The standard InChI is InChI=1S/C13H21N3O2S/c1-3-4-11-12(19-15-14-11)13(18)16-7-5-10(6-8-16)9(2)17/h9-10,17H,3-8H2,1-2H3. The van der Waals surface area contributed by atoms with Gasteiger partial charge in [-0.15, -0.1) is 5.10 Å². The summed E-state index contributed by atoms with van der Waals surface area (Å²) in [5.41, 5.74) is 0.829. The van der Waals surface area contributed by atoms with E-state index in [1.807, 2.05) is 11.8 Å². The van der Waals surface area contributed by atoms with Crippen LogP contribution in [0.2, 0.25) is 0 Å². The molecule has 6 heteroatoms. The Morgan fingerprint density at radius 1 is 1.53 bits per heavy atom. The van der Waals surface area contributed by atoms with Gasteiger partial charge in [-0.3, -0.25) is 4.79 Å². The second-order valence-corrected chi connectivity index (χ2v) is 5.92. The van der Waals surface area contributed by atoms with Crippen molar-refractivity contribution >= 4 is 17.4 Å². The number of rotatable bonds is 4. The highest BCUT2D eigenvalue weighted by Crippen LogP contribution is 2.23. The predicted molar refractivity (Wildman–Crippen MR) is 74.2 cm³/mol. The summed E-state index contributed by atoms with van der Waals surface area (Å²) in [5, 5.41) is 13.6. The van der Waals surface area contributed by atoms with E-state index in [1.54, 1.807) is 0 Å². The number of nitrogens with zero attached hydrogens (tertiary/aromatic N) is 3. The van der Waals surface area contributed by atoms with Crippen molar-refractivity contribution in [3.05, 3.63) is 10.6 Å². The first-order chi connectivity index (χ1) is 9.13. The number of hydrogen-bond acceptors (Lipinski definition) is 5. The molecule has 1 fully saturated rings. The number of aryl methyl sites for hydroxylation is 1. The van der Waals surface area contributed by atoms with E-state index in [1.165, 1.54) is 11.5 Å². The summed E-state index contributed by atoms with van der Waals surface area (Å²) in [7, 11) is 0. The molecule has 1 saturated heterocycles. The van der Waals surface area contributed by atoms with Gasteiger partial charge in [-0.2, -0.15) is 0 Å². The zero-order valence-corrected chi connectivity index (χ0v) is 12.3. The third kappa shape index (κ3) is 3.30. The molecule has 2 rings (SSSR count). The molecule has 0 bridgehead atoms. The van der Waals surface area contributed by atoms with Crippen LogP contribution in [0.25, 0.3) is 0 Å². The quantitative estimate of drug-likeness (QED) is 0.913. The fraction of sp³-hybridized carbons (Fsp3) is 0.769. The smallest absolute Gasteiger partial charge is 0.267 e. The minimum absolute atomic E-state index is 0.0579. The fourth-order valence-corrected chi connectivity index (χ4v) is 3.18. The van der Waals surface area contributed by atoms with Crippen molar-refractivity contribution in [2.45, 2.75) is 45.6 Å². The van der Waals surface area contributed by atoms with E-state index >= 15 is 0 Å². The summed E-state index contributed by atoms with van der Waals surface area (Å²) in [6.45, 7) is 5.34. The molecule has 1 unspecified atom stereocenters. The summed E-state index contributed by atoms with van der Waals surface area (Å²) in [6, 6.07) is 0. The van der Waals surface area contributed by atoms with Gasteiger partial charge in [0.1, 0.15) is 4.88 Å². The third-order valence-electron chi connectivity index (χ3n) is 3.75. The van der Waals surface area contributed by atoms with Crippen LogP contribution in [-0.2, 0) is 6.42 Å². The van der Waals surface area contributed by atoms with Gasteiger partial charge in [0.2, 0.25) is 0 Å². The number of piperidine rings is 1. The maximum absolute atomic E-state index is 12.4. The number of carbonyl (C=O) groups is 1. The molecular formula is C13H21N3O2S. The van der Waals surface area contributed by atoms with E-state index < -0.39 is 0 Å². The van der Waals surface area contributed by atoms with Gasteiger partial charge in [0, 0.05) is 13.1 Å². The first kappa shape index (κ1) is 14.4. The Balaban J connectivity index is 1.99. The van der Waals surface area contributed by atoms with Gasteiger partial charge < -0.3 is 10.0 Å². The highest BCUT2D eigenvalue weighted by Gasteiger charge is 2.28. The molecule has 1 aliphatic rings. The maximum Gasteiger partial charge on any atom is 0.267 e. The molecule has 0 saturated carbocycles. The topological polar surface area (TPSA) is 66.3 Å². The number of aliphatic hydroxyl groups excluding tert-OH is 1. The predicted octanol–water partition coefficient (Wildman–Crippen LogP) is 1.72. The van der Waals surface area contributed by atoms with Gasteiger partial charge in [0.05, 0.1) is 11.8 Å². The SMILES string of the molecule is CCCc1nnsc1C(=O)N1CCC(C(C)O)CC1. The Kier molecular flexibility index (Phi) is 4.87. The van der Waals surface area contributed by atoms with Crippen LogP contribution < -0.4 is 0 Å². The number of hydrogen-bond donors (Lipinski definition) is 1. The van der Waals surface area contributed by atoms with Crippen molar-refractivity contribution in [3.63, 3.8) is 0 Å². The second kappa shape index (κ2) is 6.43. The number of aliphatic hydroxyl groups is 1. The van der Waals surface area contributed by atoms with Crippen LogP contribution in [0.5, 0.6) is 0 Å². The average molecular weight is 283 g/mol. The highest BCUT2D eigenvalue weighted by atomic mass is 32.1. The normalized spacial score (nSPS) is 18.6. The monoisotopic (exact) mass is 283 g/mol. The van der Waals surface area contributed by atoms with E-state index in [9.17, 15) is 9.90 Å². The van der Waals surface area contributed by atoms with Crippen LogP contribution in [-0.4, -0.2) is 44.7 Å². The minimum atomic E-state index is -0.280. The van der Waals surface area contributed by atoms with Crippen LogP contribution in [0.15, 0.2) is 0 Å². The summed E-state index contributed by atoms with van der Waals surface area (Å²) in [4.78, 5) is 15.0. The lowest BCUT2D eigenvalue weighted by atomic mass is 9.92. The van der Waals surface area contributed by atoms with Crippen molar-refractivity contribution < 1.29 is 9.90 Å². The first-order valence-electron chi connectivity index (χ1n) is 6.92. The molecular weight excluding hydrogens is 262 g/mol. The van der Waals surface area contributed by atoms with E-state index in [4.69, 9.17) is 0 Å². The van der Waals surface area contributed by atoms with Crippen LogP contribution in [0.4, 0.5) is 0 Å².